The Morgan fingerprint density at radius 2 is 1.81 bits per heavy atom. The number of hydrogen-bond acceptors (Lipinski definition) is 4. The van der Waals surface area contributed by atoms with Crippen molar-refractivity contribution in [2.24, 2.45) is 5.92 Å². The molecule has 3 rings (SSSR count). The van der Waals surface area contributed by atoms with Gasteiger partial charge >= 0.3 is 0 Å². The number of ether oxygens (including phenoxy) is 2. The first kappa shape index (κ1) is 19.5. The van der Waals surface area contributed by atoms with Crippen LogP contribution in [-0.4, -0.2) is 38.1 Å². The molecule has 1 amide bonds. The summed E-state index contributed by atoms with van der Waals surface area (Å²) in [6.45, 7) is 2.69. The van der Waals surface area contributed by atoms with Gasteiger partial charge < -0.3 is 14.8 Å². The fourth-order valence-corrected chi connectivity index (χ4v) is 3.46. The maximum absolute atomic E-state index is 12.7. The first-order chi connectivity index (χ1) is 13.1. The average Bonchev–Trinajstić information content (AvgIpc) is 2.70. The second-order valence-corrected chi connectivity index (χ2v) is 7.17. The number of nitrogens with one attached hydrogen (secondary N) is 1. The van der Waals surface area contributed by atoms with Crippen LogP contribution in [0.4, 0.5) is 5.69 Å². The highest BCUT2D eigenvalue weighted by atomic mass is 35.5. The topological polar surface area (TPSA) is 50.8 Å². The lowest BCUT2D eigenvalue weighted by atomic mass is 9.95. The van der Waals surface area contributed by atoms with Crippen molar-refractivity contribution in [3.05, 3.63) is 53.1 Å². The van der Waals surface area contributed by atoms with Crippen LogP contribution in [0.5, 0.6) is 11.5 Å². The molecule has 1 saturated heterocycles. The summed E-state index contributed by atoms with van der Waals surface area (Å²) < 4.78 is 10.6. The number of methoxy groups -OCH3 is 2. The summed E-state index contributed by atoms with van der Waals surface area (Å²) >= 11 is 5.94. The highest BCUT2D eigenvalue weighted by Crippen LogP contribution is 2.30. The number of likely N-dealkylation sites (tertiary alicyclic amines) is 1. The number of nitrogens with zero attached hydrogens (tertiary/aromatic N) is 1. The molecule has 1 fully saturated rings. The molecule has 1 aliphatic heterocycles. The van der Waals surface area contributed by atoms with Gasteiger partial charge in [0.05, 0.1) is 19.9 Å². The number of halogens is 1. The number of hydrogen-bond donors (Lipinski definition) is 1. The molecule has 0 saturated carbocycles. The van der Waals surface area contributed by atoms with E-state index in [9.17, 15) is 4.79 Å². The number of carbonyl (C=O) groups excluding carboxylic acids is 1. The molecular formula is C21H25ClN2O3. The van der Waals surface area contributed by atoms with Crippen LogP contribution in [0, 0.1) is 5.92 Å². The molecule has 1 heterocycles. The molecule has 2 aromatic carbocycles. The molecule has 144 valence electrons. The van der Waals surface area contributed by atoms with E-state index in [1.165, 1.54) is 5.56 Å². The van der Waals surface area contributed by atoms with Crippen molar-refractivity contribution in [1.29, 1.82) is 0 Å². The van der Waals surface area contributed by atoms with Gasteiger partial charge in [-0.25, -0.2) is 0 Å². The van der Waals surface area contributed by atoms with E-state index >= 15 is 0 Å². The minimum atomic E-state index is 0.0123. The van der Waals surface area contributed by atoms with Gasteiger partial charge in [0, 0.05) is 23.6 Å². The minimum absolute atomic E-state index is 0.0123. The van der Waals surface area contributed by atoms with Crippen LogP contribution in [0.3, 0.4) is 0 Å². The number of rotatable bonds is 6. The van der Waals surface area contributed by atoms with Crippen molar-refractivity contribution >= 4 is 23.2 Å². The fraction of sp³-hybridized carbons (Fsp3) is 0.381. The Kier molecular flexibility index (Phi) is 6.58. The highest BCUT2D eigenvalue weighted by Gasteiger charge is 2.25. The Labute approximate surface area is 165 Å². The molecular weight excluding hydrogens is 364 g/mol. The summed E-state index contributed by atoms with van der Waals surface area (Å²) in [4.78, 5) is 15.0. The largest absolute Gasteiger partial charge is 0.497 e. The van der Waals surface area contributed by atoms with Gasteiger partial charge in [-0.2, -0.15) is 0 Å². The Balaban J connectivity index is 1.53. The monoisotopic (exact) mass is 388 g/mol. The molecule has 0 unspecified atom stereocenters. The summed E-state index contributed by atoms with van der Waals surface area (Å²) in [6, 6.07) is 13.3. The zero-order chi connectivity index (χ0) is 19.2. The van der Waals surface area contributed by atoms with Gasteiger partial charge in [0.25, 0.3) is 0 Å². The third-order valence-corrected chi connectivity index (χ3v) is 5.20. The van der Waals surface area contributed by atoms with Gasteiger partial charge in [0.2, 0.25) is 5.91 Å². The van der Waals surface area contributed by atoms with Crippen LogP contribution < -0.4 is 14.8 Å². The molecule has 0 atom stereocenters. The molecule has 0 aromatic heterocycles. The van der Waals surface area contributed by atoms with E-state index in [4.69, 9.17) is 21.1 Å². The molecule has 2 aromatic rings. The van der Waals surface area contributed by atoms with E-state index in [0.717, 1.165) is 37.5 Å². The van der Waals surface area contributed by atoms with Crippen molar-refractivity contribution in [3.8, 4) is 11.5 Å². The van der Waals surface area contributed by atoms with Gasteiger partial charge in [0.15, 0.2) is 0 Å². The third kappa shape index (κ3) is 5.15. The predicted molar refractivity (Wildman–Crippen MR) is 108 cm³/mol. The van der Waals surface area contributed by atoms with Crippen LogP contribution in [0.15, 0.2) is 42.5 Å². The SMILES string of the molecule is COc1ccc(NC(=O)C2CCN(Cc3ccc(Cl)cc3)CC2)c(OC)c1. The number of amides is 1. The van der Waals surface area contributed by atoms with Gasteiger partial charge in [-0.15, -0.1) is 0 Å². The molecule has 5 nitrogen and oxygen atoms in total. The predicted octanol–water partition coefficient (Wildman–Crippen LogP) is 4.21. The van der Waals surface area contributed by atoms with E-state index in [-0.39, 0.29) is 11.8 Å². The third-order valence-electron chi connectivity index (χ3n) is 4.94. The summed E-state index contributed by atoms with van der Waals surface area (Å²) in [7, 11) is 3.19. The quantitative estimate of drug-likeness (QED) is 0.805. The first-order valence-corrected chi connectivity index (χ1v) is 9.46. The Hall–Kier alpha value is -2.24. The van der Waals surface area contributed by atoms with Gasteiger partial charge in [-0.05, 0) is 55.8 Å². The lowest BCUT2D eigenvalue weighted by Crippen LogP contribution is -2.37. The van der Waals surface area contributed by atoms with E-state index < -0.39 is 0 Å². The molecule has 0 aliphatic carbocycles. The Morgan fingerprint density at radius 1 is 1.11 bits per heavy atom. The molecule has 0 bridgehead atoms. The number of piperidine rings is 1. The van der Waals surface area contributed by atoms with Crippen molar-refractivity contribution in [1.82, 2.24) is 4.90 Å². The van der Waals surface area contributed by atoms with E-state index in [1.54, 1.807) is 20.3 Å². The average molecular weight is 389 g/mol. The zero-order valence-electron chi connectivity index (χ0n) is 15.7. The zero-order valence-corrected chi connectivity index (χ0v) is 16.5. The van der Waals surface area contributed by atoms with E-state index in [2.05, 4.69) is 22.3 Å². The van der Waals surface area contributed by atoms with Gasteiger partial charge in [-0.1, -0.05) is 23.7 Å². The van der Waals surface area contributed by atoms with Crippen molar-refractivity contribution in [2.75, 3.05) is 32.6 Å². The molecule has 27 heavy (non-hydrogen) atoms. The summed E-state index contributed by atoms with van der Waals surface area (Å²) in [5, 5.41) is 3.75. The van der Waals surface area contributed by atoms with Crippen molar-refractivity contribution < 1.29 is 14.3 Å². The van der Waals surface area contributed by atoms with E-state index in [1.807, 2.05) is 24.3 Å². The summed E-state index contributed by atoms with van der Waals surface area (Å²) in [5.74, 6) is 1.35. The number of carbonyl (C=O) groups is 1. The van der Waals surface area contributed by atoms with E-state index in [0.29, 0.717) is 17.2 Å². The Bertz CT molecular complexity index is 771. The highest BCUT2D eigenvalue weighted by molar-refractivity contribution is 6.30. The van der Waals surface area contributed by atoms with Crippen molar-refractivity contribution in [2.45, 2.75) is 19.4 Å². The fourth-order valence-electron chi connectivity index (χ4n) is 3.34. The molecule has 0 spiro atoms. The summed E-state index contributed by atoms with van der Waals surface area (Å²) in [6.07, 6.45) is 1.69. The number of anilines is 1. The van der Waals surface area contributed by atoms with Crippen LogP contribution in [-0.2, 0) is 11.3 Å². The van der Waals surface area contributed by atoms with Crippen LogP contribution in [0.25, 0.3) is 0 Å². The van der Waals surface area contributed by atoms with Crippen LogP contribution >= 0.6 is 11.6 Å². The maximum atomic E-state index is 12.7. The minimum Gasteiger partial charge on any atom is -0.497 e. The molecule has 1 N–H and O–H groups in total. The van der Waals surface area contributed by atoms with Gasteiger partial charge in [-0.3, -0.25) is 9.69 Å². The second-order valence-electron chi connectivity index (χ2n) is 6.73. The first-order valence-electron chi connectivity index (χ1n) is 9.08. The second kappa shape index (κ2) is 9.11. The molecule has 0 radical (unpaired) electrons. The normalized spacial score (nSPS) is 15.4. The lowest BCUT2D eigenvalue weighted by molar-refractivity contribution is -0.121. The van der Waals surface area contributed by atoms with Crippen LogP contribution in [0.1, 0.15) is 18.4 Å². The standard InChI is InChI=1S/C21H25ClN2O3/c1-26-18-7-8-19(20(13-18)27-2)23-21(25)16-9-11-24(12-10-16)14-15-3-5-17(22)6-4-15/h3-8,13,16H,9-12,14H2,1-2H3,(H,23,25). The number of benzene rings is 2. The molecule has 6 heteroatoms. The lowest BCUT2D eigenvalue weighted by Gasteiger charge is -2.31. The molecule has 1 aliphatic rings. The smallest absolute Gasteiger partial charge is 0.227 e. The maximum Gasteiger partial charge on any atom is 0.227 e. The van der Waals surface area contributed by atoms with Gasteiger partial charge in [0.1, 0.15) is 11.5 Å². The Morgan fingerprint density at radius 3 is 2.44 bits per heavy atom. The van der Waals surface area contributed by atoms with Crippen molar-refractivity contribution in [3.63, 3.8) is 0 Å². The summed E-state index contributed by atoms with van der Waals surface area (Å²) in [5.41, 5.74) is 1.91. The van der Waals surface area contributed by atoms with Crippen LogP contribution in [0.2, 0.25) is 5.02 Å².